The molecule has 128 valence electrons. The Morgan fingerprint density at radius 3 is 2.64 bits per heavy atom. The number of aromatic nitrogens is 2. The average Bonchev–Trinajstić information content (AvgIpc) is 3.25. The minimum atomic E-state index is -0.852. The Hall–Kier alpha value is -3.14. The number of halogens is 1. The van der Waals surface area contributed by atoms with Crippen LogP contribution in [0.1, 0.15) is 28.6 Å². The highest BCUT2D eigenvalue weighted by Gasteiger charge is 2.22. The lowest BCUT2D eigenvalue weighted by Gasteiger charge is -2.07. The molecule has 0 fully saturated rings. The van der Waals surface area contributed by atoms with Gasteiger partial charge in [0.15, 0.2) is 6.10 Å². The summed E-state index contributed by atoms with van der Waals surface area (Å²) in [5, 5.41) is 18.1. The minimum absolute atomic E-state index is 0.0544. The SMILES string of the molecule is C[C@@H](OC(=O)c1ccc([N+](=O)[O-])s1)c1nnc(-c2ccc(F)cc2)o1. The van der Waals surface area contributed by atoms with Crippen molar-refractivity contribution in [3.05, 3.63) is 63.1 Å². The molecule has 0 aliphatic rings. The van der Waals surface area contributed by atoms with Gasteiger partial charge in [-0.15, -0.1) is 10.2 Å². The molecule has 0 bridgehead atoms. The molecule has 0 unspecified atom stereocenters. The standard InChI is InChI=1S/C15H10FN3O5S/c1-8(23-15(20)11-6-7-12(25-11)19(21)22)13-17-18-14(24-13)9-2-4-10(16)5-3-9/h2-8H,1H3/t8-/m1/s1. The number of carbonyl (C=O) groups excluding carboxylic acids is 1. The number of nitrogens with zero attached hydrogens (tertiary/aromatic N) is 3. The number of thiophene rings is 1. The van der Waals surface area contributed by atoms with Crippen molar-refractivity contribution in [3.8, 4) is 11.5 Å². The molecule has 0 spiro atoms. The van der Waals surface area contributed by atoms with Gasteiger partial charge < -0.3 is 9.15 Å². The lowest BCUT2D eigenvalue weighted by molar-refractivity contribution is -0.380. The molecular weight excluding hydrogens is 353 g/mol. The minimum Gasteiger partial charge on any atom is -0.448 e. The van der Waals surface area contributed by atoms with Gasteiger partial charge in [-0.25, -0.2) is 9.18 Å². The van der Waals surface area contributed by atoms with Crippen molar-refractivity contribution in [1.29, 1.82) is 0 Å². The monoisotopic (exact) mass is 363 g/mol. The van der Waals surface area contributed by atoms with Crippen molar-refractivity contribution < 1.29 is 23.3 Å². The number of benzene rings is 1. The van der Waals surface area contributed by atoms with Gasteiger partial charge in [-0.2, -0.15) is 0 Å². The summed E-state index contributed by atoms with van der Waals surface area (Å²) in [6, 6.07) is 8.02. The smallest absolute Gasteiger partial charge is 0.349 e. The quantitative estimate of drug-likeness (QED) is 0.386. The molecule has 10 heteroatoms. The third-order valence-corrected chi connectivity index (χ3v) is 4.15. The summed E-state index contributed by atoms with van der Waals surface area (Å²) in [5.41, 5.74) is 0.521. The van der Waals surface area contributed by atoms with Gasteiger partial charge in [0, 0.05) is 11.6 Å². The Morgan fingerprint density at radius 1 is 1.28 bits per heavy atom. The van der Waals surface area contributed by atoms with Crippen molar-refractivity contribution in [3.63, 3.8) is 0 Å². The van der Waals surface area contributed by atoms with Crippen LogP contribution in [0.4, 0.5) is 9.39 Å². The van der Waals surface area contributed by atoms with Crippen molar-refractivity contribution >= 4 is 22.3 Å². The van der Waals surface area contributed by atoms with Crippen molar-refractivity contribution in [2.75, 3.05) is 0 Å². The Kier molecular flexibility index (Phi) is 4.52. The van der Waals surface area contributed by atoms with Gasteiger partial charge in [0.25, 0.3) is 5.89 Å². The first-order chi connectivity index (χ1) is 11.9. The maximum Gasteiger partial charge on any atom is 0.349 e. The molecule has 25 heavy (non-hydrogen) atoms. The second kappa shape index (κ2) is 6.77. The normalized spacial score (nSPS) is 11.9. The number of rotatable bonds is 5. The summed E-state index contributed by atoms with van der Waals surface area (Å²) in [5.74, 6) is -0.911. The fourth-order valence-electron chi connectivity index (χ4n) is 1.91. The molecule has 0 N–H and O–H groups in total. The Balaban J connectivity index is 1.70. The molecule has 0 aliphatic carbocycles. The van der Waals surface area contributed by atoms with Crippen LogP contribution < -0.4 is 0 Å². The van der Waals surface area contributed by atoms with E-state index in [1.165, 1.54) is 43.3 Å². The second-order valence-corrected chi connectivity index (χ2v) is 5.96. The predicted molar refractivity (Wildman–Crippen MR) is 84.5 cm³/mol. The highest BCUT2D eigenvalue weighted by Crippen LogP contribution is 2.27. The lowest BCUT2D eigenvalue weighted by atomic mass is 10.2. The van der Waals surface area contributed by atoms with Gasteiger partial charge in [0.2, 0.25) is 5.89 Å². The average molecular weight is 363 g/mol. The number of carbonyl (C=O) groups is 1. The second-order valence-electron chi connectivity index (χ2n) is 4.89. The fraction of sp³-hybridized carbons (Fsp3) is 0.133. The number of nitro groups is 1. The molecule has 1 aromatic carbocycles. The van der Waals surface area contributed by atoms with E-state index < -0.39 is 22.8 Å². The van der Waals surface area contributed by atoms with Crippen LogP contribution in [0.2, 0.25) is 0 Å². The summed E-state index contributed by atoms with van der Waals surface area (Å²) in [6.45, 7) is 1.53. The van der Waals surface area contributed by atoms with Crippen LogP contribution in [0.5, 0.6) is 0 Å². The molecule has 0 saturated carbocycles. The van der Waals surface area contributed by atoms with Crippen molar-refractivity contribution in [2.45, 2.75) is 13.0 Å². The first-order valence-electron chi connectivity index (χ1n) is 6.98. The van der Waals surface area contributed by atoms with E-state index in [0.717, 1.165) is 0 Å². The summed E-state index contributed by atoms with van der Waals surface area (Å²) in [6.07, 6.45) is -0.852. The summed E-state index contributed by atoms with van der Waals surface area (Å²) >= 11 is 0.714. The van der Waals surface area contributed by atoms with Crippen LogP contribution in [0.15, 0.2) is 40.8 Å². The van der Waals surface area contributed by atoms with Crippen LogP contribution in [0.3, 0.4) is 0 Å². The van der Waals surface area contributed by atoms with E-state index in [0.29, 0.717) is 16.9 Å². The molecule has 8 nitrogen and oxygen atoms in total. The maximum absolute atomic E-state index is 12.9. The van der Waals surface area contributed by atoms with E-state index in [1.54, 1.807) is 0 Å². The van der Waals surface area contributed by atoms with Crippen LogP contribution in [-0.2, 0) is 4.74 Å². The van der Waals surface area contributed by atoms with Crippen LogP contribution in [0, 0.1) is 15.9 Å². The number of hydrogen-bond donors (Lipinski definition) is 0. The highest BCUT2D eigenvalue weighted by atomic mass is 32.1. The van der Waals surface area contributed by atoms with Crippen molar-refractivity contribution in [1.82, 2.24) is 10.2 Å². The zero-order valence-corrected chi connectivity index (χ0v) is 13.5. The molecule has 1 atom stereocenters. The van der Waals surface area contributed by atoms with Gasteiger partial charge in [-0.1, -0.05) is 11.3 Å². The van der Waals surface area contributed by atoms with Gasteiger partial charge in [0.1, 0.15) is 10.7 Å². The highest BCUT2D eigenvalue weighted by molar-refractivity contribution is 7.17. The molecule has 0 radical (unpaired) electrons. The lowest BCUT2D eigenvalue weighted by Crippen LogP contribution is -2.08. The van der Waals surface area contributed by atoms with Crippen LogP contribution >= 0.6 is 11.3 Å². The predicted octanol–water partition coefficient (Wildman–Crippen LogP) is 3.76. The van der Waals surface area contributed by atoms with E-state index in [9.17, 15) is 19.3 Å². The van der Waals surface area contributed by atoms with E-state index in [4.69, 9.17) is 9.15 Å². The van der Waals surface area contributed by atoms with E-state index >= 15 is 0 Å². The zero-order chi connectivity index (χ0) is 18.0. The Bertz CT molecular complexity index is 921. The third kappa shape index (κ3) is 3.69. The molecule has 3 rings (SSSR count). The van der Waals surface area contributed by atoms with Crippen LogP contribution in [-0.4, -0.2) is 21.1 Å². The van der Waals surface area contributed by atoms with E-state index in [1.807, 2.05) is 0 Å². The molecule has 0 saturated heterocycles. The third-order valence-electron chi connectivity index (χ3n) is 3.14. The fourth-order valence-corrected chi connectivity index (χ4v) is 2.62. The van der Waals surface area contributed by atoms with Gasteiger partial charge in [-0.05, 0) is 37.3 Å². The zero-order valence-electron chi connectivity index (χ0n) is 12.7. The largest absolute Gasteiger partial charge is 0.448 e. The molecule has 2 aromatic heterocycles. The number of esters is 1. The van der Waals surface area contributed by atoms with Gasteiger partial charge in [0.05, 0.1) is 4.92 Å². The van der Waals surface area contributed by atoms with E-state index in [2.05, 4.69) is 10.2 Å². The van der Waals surface area contributed by atoms with Gasteiger partial charge in [-0.3, -0.25) is 10.1 Å². The maximum atomic E-state index is 12.9. The first-order valence-corrected chi connectivity index (χ1v) is 7.80. The molecule has 0 amide bonds. The number of ether oxygens (including phenoxy) is 1. The summed E-state index contributed by atoms with van der Waals surface area (Å²) in [7, 11) is 0. The molecule has 3 aromatic rings. The summed E-state index contributed by atoms with van der Waals surface area (Å²) in [4.78, 5) is 22.2. The van der Waals surface area contributed by atoms with Crippen LogP contribution in [0.25, 0.3) is 11.5 Å². The van der Waals surface area contributed by atoms with Crippen molar-refractivity contribution in [2.24, 2.45) is 0 Å². The van der Waals surface area contributed by atoms with Gasteiger partial charge >= 0.3 is 11.0 Å². The Morgan fingerprint density at radius 2 is 2.00 bits per heavy atom. The number of hydrogen-bond acceptors (Lipinski definition) is 8. The topological polar surface area (TPSA) is 108 Å². The Labute approximate surface area is 144 Å². The molecule has 2 heterocycles. The molecule has 0 aliphatic heterocycles. The first kappa shape index (κ1) is 16.7. The van der Waals surface area contributed by atoms with E-state index in [-0.39, 0.29) is 21.7 Å². The molecular formula is C15H10FN3O5S. The summed E-state index contributed by atoms with van der Waals surface area (Å²) < 4.78 is 23.5.